The summed E-state index contributed by atoms with van der Waals surface area (Å²) < 4.78 is 27.8. The maximum absolute atomic E-state index is 13.1. The van der Waals surface area contributed by atoms with Gasteiger partial charge in [-0.05, 0) is 61.6 Å². The van der Waals surface area contributed by atoms with Crippen LogP contribution in [0.4, 0.5) is 0 Å². The number of nitrogens with zero attached hydrogens (tertiary/aromatic N) is 3. The van der Waals surface area contributed by atoms with Gasteiger partial charge in [0.2, 0.25) is 10.0 Å². The Hall–Kier alpha value is -2.15. The monoisotopic (exact) mass is 381 g/mol. The zero-order valence-corrected chi connectivity index (χ0v) is 16.2. The Morgan fingerprint density at radius 2 is 1.93 bits per heavy atom. The minimum Gasteiger partial charge on any atom is -0.207 e. The molecule has 0 unspecified atom stereocenters. The Balaban J connectivity index is 1.64. The summed E-state index contributed by atoms with van der Waals surface area (Å²) >= 11 is 0. The Morgan fingerprint density at radius 1 is 1.19 bits per heavy atom. The molecule has 6 heteroatoms. The smallest absolute Gasteiger partial charge is 0.207 e. The molecule has 1 fully saturated rings. The molecule has 0 spiro atoms. The summed E-state index contributed by atoms with van der Waals surface area (Å²) in [7, 11) is -3.51. The highest BCUT2D eigenvalue weighted by Gasteiger charge is 2.48. The number of rotatable bonds is 3. The molecule has 0 radical (unpaired) electrons. The number of benzene rings is 1. The fraction of sp³-hybridized carbons (Fsp3) is 0.524. The van der Waals surface area contributed by atoms with E-state index in [1.54, 1.807) is 16.4 Å². The van der Waals surface area contributed by atoms with Crippen molar-refractivity contribution in [2.75, 3.05) is 13.1 Å². The van der Waals surface area contributed by atoms with Crippen molar-refractivity contribution >= 4 is 10.0 Å². The Labute approximate surface area is 161 Å². The van der Waals surface area contributed by atoms with Gasteiger partial charge in [-0.2, -0.15) is 14.8 Å². The summed E-state index contributed by atoms with van der Waals surface area (Å²) in [4.78, 5) is 0.339. The summed E-state index contributed by atoms with van der Waals surface area (Å²) in [6.07, 6.45) is 2.99. The van der Waals surface area contributed by atoms with Gasteiger partial charge in [-0.3, -0.25) is 0 Å². The SMILES string of the molecule is Cc1ccc(S(=O)(=O)N2C[C@H]3C[C@H](C#N)C4=C(CC[C@@H]4CC#N)[C@@H]3C2)cc1. The van der Waals surface area contributed by atoms with E-state index in [-0.39, 0.29) is 23.7 Å². The lowest BCUT2D eigenvalue weighted by Crippen LogP contribution is -2.29. The van der Waals surface area contributed by atoms with Crippen molar-refractivity contribution in [3.05, 3.63) is 41.0 Å². The van der Waals surface area contributed by atoms with Crippen LogP contribution >= 0.6 is 0 Å². The fourth-order valence-electron chi connectivity index (χ4n) is 5.19. The first kappa shape index (κ1) is 18.2. The van der Waals surface area contributed by atoms with Crippen LogP contribution in [0, 0.1) is 53.3 Å². The second-order valence-electron chi connectivity index (χ2n) is 8.00. The predicted molar refractivity (Wildman–Crippen MR) is 101 cm³/mol. The highest BCUT2D eigenvalue weighted by atomic mass is 32.2. The summed E-state index contributed by atoms with van der Waals surface area (Å²) in [6.45, 7) is 2.92. The topological polar surface area (TPSA) is 85.0 Å². The molecule has 2 aliphatic carbocycles. The molecule has 0 saturated carbocycles. The van der Waals surface area contributed by atoms with Gasteiger partial charge in [0.15, 0.2) is 0 Å². The van der Waals surface area contributed by atoms with Crippen molar-refractivity contribution in [3.63, 3.8) is 0 Å². The van der Waals surface area contributed by atoms with E-state index in [1.165, 1.54) is 5.57 Å². The number of fused-ring (bicyclic) bond motifs is 2. The molecule has 3 aliphatic rings. The minimum absolute atomic E-state index is 0.163. The van der Waals surface area contributed by atoms with Crippen LogP contribution in [0.5, 0.6) is 0 Å². The van der Waals surface area contributed by atoms with Gasteiger partial charge in [-0.1, -0.05) is 23.3 Å². The van der Waals surface area contributed by atoms with Gasteiger partial charge in [0.25, 0.3) is 0 Å². The number of allylic oxidation sites excluding steroid dienone is 1. The van der Waals surface area contributed by atoms with Crippen LogP contribution < -0.4 is 0 Å². The molecule has 0 amide bonds. The third-order valence-corrected chi connectivity index (χ3v) is 8.34. The number of nitriles is 2. The third kappa shape index (κ3) is 2.98. The zero-order valence-electron chi connectivity index (χ0n) is 15.4. The normalized spacial score (nSPS) is 30.5. The van der Waals surface area contributed by atoms with Gasteiger partial charge >= 0.3 is 0 Å². The summed E-state index contributed by atoms with van der Waals surface area (Å²) in [5, 5.41) is 18.8. The van der Waals surface area contributed by atoms with Gasteiger partial charge in [0, 0.05) is 19.5 Å². The standard InChI is InChI=1S/C21H23N3O2S/c1-14-2-5-18(6-3-14)27(25,26)24-12-17-10-16(11-23)21-15(8-9-22)4-7-19(21)20(17)13-24/h2-3,5-6,15-17,20H,4,7-8,10,12-13H2,1H3/t15-,16-,17-,20-/m1/s1. The van der Waals surface area contributed by atoms with Gasteiger partial charge in [-0.15, -0.1) is 0 Å². The molecule has 1 aliphatic heterocycles. The van der Waals surface area contributed by atoms with Gasteiger partial charge in [0.05, 0.1) is 23.0 Å². The molecule has 27 heavy (non-hydrogen) atoms. The van der Waals surface area contributed by atoms with Crippen molar-refractivity contribution in [2.24, 2.45) is 23.7 Å². The molecule has 4 atom stereocenters. The molecular formula is C21H23N3O2S. The molecule has 1 aromatic rings. The average molecular weight is 382 g/mol. The summed E-state index contributed by atoms with van der Waals surface area (Å²) in [5.74, 6) is 0.422. The van der Waals surface area contributed by atoms with Crippen LogP contribution in [0.15, 0.2) is 40.3 Å². The van der Waals surface area contributed by atoms with Crippen molar-refractivity contribution in [2.45, 2.75) is 37.5 Å². The Kier molecular flexibility index (Phi) is 4.58. The number of hydrogen-bond acceptors (Lipinski definition) is 4. The first-order valence-corrected chi connectivity index (χ1v) is 11.0. The van der Waals surface area contributed by atoms with Gasteiger partial charge < -0.3 is 0 Å². The van der Waals surface area contributed by atoms with Crippen molar-refractivity contribution in [3.8, 4) is 12.1 Å². The summed E-state index contributed by atoms with van der Waals surface area (Å²) in [6, 6.07) is 11.7. The second-order valence-corrected chi connectivity index (χ2v) is 9.94. The molecule has 0 N–H and O–H groups in total. The highest BCUT2D eigenvalue weighted by molar-refractivity contribution is 7.89. The van der Waals surface area contributed by atoms with Gasteiger partial charge in [0.1, 0.15) is 0 Å². The molecule has 0 bridgehead atoms. The van der Waals surface area contributed by atoms with Crippen LogP contribution in [0.1, 0.15) is 31.2 Å². The van der Waals surface area contributed by atoms with Crippen molar-refractivity contribution in [1.82, 2.24) is 4.31 Å². The van der Waals surface area contributed by atoms with E-state index < -0.39 is 10.0 Å². The number of hydrogen-bond donors (Lipinski definition) is 0. The molecule has 1 heterocycles. The van der Waals surface area contributed by atoms with E-state index in [2.05, 4.69) is 12.1 Å². The summed E-state index contributed by atoms with van der Waals surface area (Å²) in [5.41, 5.74) is 3.47. The van der Waals surface area contributed by atoms with E-state index in [0.29, 0.717) is 30.8 Å². The zero-order chi connectivity index (χ0) is 19.2. The van der Waals surface area contributed by atoms with Crippen LogP contribution in [0.3, 0.4) is 0 Å². The Bertz CT molecular complexity index is 966. The first-order chi connectivity index (χ1) is 13.0. The molecule has 140 valence electrons. The highest BCUT2D eigenvalue weighted by Crippen LogP contribution is 2.52. The minimum atomic E-state index is -3.51. The fourth-order valence-corrected chi connectivity index (χ4v) is 6.72. The predicted octanol–water partition coefficient (Wildman–Crippen LogP) is 3.40. The quantitative estimate of drug-likeness (QED) is 0.751. The number of sulfonamides is 1. The van der Waals surface area contributed by atoms with Crippen LogP contribution in [0.25, 0.3) is 0 Å². The van der Waals surface area contributed by atoms with E-state index in [4.69, 9.17) is 5.26 Å². The van der Waals surface area contributed by atoms with Gasteiger partial charge in [-0.25, -0.2) is 8.42 Å². The molecule has 1 saturated heterocycles. The molecular weight excluding hydrogens is 358 g/mol. The molecule has 4 rings (SSSR count). The molecule has 1 aromatic carbocycles. The maximum atomic E-state index is 13.1. The van der Waals surface area contributed by atoms with Crippen molar-refractivity contribution < 1.29 is 8.42 Å². The van der Waals surface area contributed by atoms with Crippen molar-refractivity contribution in [1.29, 1.82) is 10.5 Å². The van der Waals surface area contributed by atoms with E-state index in [0.717, 1.165) is 24.0 Å². The lowest BCUT2D eigenvalue weighted by atomic mass is 9.71. The lowest BCUT2D eigenvalue weighted by Gasteiger charge is -2.31. The third-order valence-electron chi connectivity index (χ3n) is 6.49. The van der Waals surface area contributed by atoms with Crippen LogP contribution in [0.2, 0.25) is 0 Å². The largest absolute Gasteiger partial charge is 0.243 e. The van der Waals surface area contributed by atoms with Crippen LogP contribution in [-0.2, 0) is 10.0 Å². The maximum Gasteiger partial charge on any atom is 0.243 e. The van der Waals surface area contributed by atoms with E-state index >= 15 is 0 Å². The van der Waals surface area contributed by atoms with E-state index in [1.807, 2.05) is 19.1 Å². The second kappa shape index (κ2) is 6.78. The van der Waals surface area contributed by atoms with E-state index in [9.17, 15) is 13.7 Å². The molecule has 5 nitrogen and oxygen atoms in total. The average Bonchev–Trinajstić information content (AvgIpc) is 3.26. The first-order valence-electron chi connectivity index (χ1n) is 9.52. The molecule has 0 aromatic heterocycles. The number of aryl methyl sites for hydroxylation is 1. The van der Waals surface area contributed by atoms with Crippen LogP contribution in [-0.4, -0.2) is 25.8 Å². The Morgan fingerprint density at radius 3 is 2.59 bits per heavy atom. The lowest BCUT2D eigenvalue weighted by molar-refractivity contribution is 0.364.